The molecule has 2 atom stereocenters. The molecule has 0 aromatic heterocycles. The Bertz CT molecular complexity index is 969. The highest BCUT2D eigenvalue weighted by Gasteiger charge is 2.33. The first-order chi connectivity index (χ1) is 14.2. The molecule has 2 aliphatic heterocycles. The summed E-state index contributed by atoms with van der Waals surface area (Å²) in [7, 11) is 2.08. The summed E-state index contributed by atoms with van der Waals surface area (Å²) >= 11 is 0. The van der Waals surface area contributed by atoms with Gasteiger partial charge in [-0.2, -0.15) is 13.2 Å². The van der Waals surface area contributed by atoms with Crippen LogP contribution in [0, 0.1) is 0 Å². The molecule has 3 aliphatic rings. The zero-order chi connectivity index (χ0) is 21.5. The molecule has 2 unspecified atom stereocenters. The van der Waals surface area contributed by atoms with Gasteiger partial charge in [-0.25, -0.2) is 0 Å². The van der Waals surface area contributed by atoms with E-state index in [0.717, 1.165) is 35.6 Å². The highest BCUT2D eigenvalue weighted by Crippen LogP contribution is 2.34. The SMILES string of the molecule is CC1=CCC(C)(N(C)CC2=CN3C(=NCC3c3ccc(C(F)(F)F)cc3)C=N2)C=C1. The second-order valence-corrected chi connectivity index (χ2v) is 8.32. The van der Waals surface area contributed by atoms with Gasteiger partial charge < -0.3 is 4.90 Å². The molecule has 158 valence electrons. The summed E-state index contributed by atoms with van der Waals surface area (Å²) in [6.07, 6.45) is 6.93. The lowest BCUT2D eigenvalue weighted by Gasteiger charge is -2.38. The molecular formula is C23H25F3N4. The van der Waals surface area contributed by atoms with Crippen molar-refractivity contribution in [2.24, 2.45) is 9.98 Å². The number of halogens is 3. The average molecular weight is 414 g/mol. The van der Waals surface area contributed by atoms with Gasteiger partial charge in [0, 0.05) is 18.3 Å². The van der Waals surface area contributed by atoms with Crippen molar-refractivity contribution in [3.63, 3.8) is 0 Å². The predicted molar refractivity (Wildman–Crippen MR) is 113 cm³/mol. The van der Waals surface area contributed by atoms with Crippen LogP contribution in [0.2, 0.25) is 0 Å². The van der Waals surface area contributed by atoms with Crippen molar-refractivity contribution in [1.29, 1.82) is 0 Å². The molecule has 0 N–H and O–H groups in total. The lowest BCUT2D eigenvalue weighted by molar-refractivity contribution is -0.137. The summed E-state index contributed by atoms with van der Waals surface area (Å²) in [6.45, 7) is 5.46. The predicted octanol–water partition coefficient (Wildman–Crippen LogP) is 4.98. The van der Waals surface area contributed by atoms with Gasteiger partial charge in [-0.1, -0.05) is 35.9 Å². The summed E-state index contributed by atoms with van der Waals surface area (Å²) in [5, 5.41) is 0. The van der Waals surface area contributed by atoms with Crippen LogP contribution in [0.1, 0.15) is 37.4 Å². The number of hydrogen-bond donors (Lipinski definition) is 0. The van der Waals surface area contributed by atoms with E-state index in [1.807, 2.05) is 11.1 Å². The third kappa shape index (κ3) is 3.99. The number of aliphatic imine (C=N–C) groups is 2. The molecule has 1 aliphatic carbocycles. The number of rotatable bonds is 4. The molecule has 4 rings (SSSR count). The van der Waals surface area contributed by atoms with E-state index < -0.39 is 11.7 Å². The Labute approximate surface area is 174 Å². The van der Waals surface area contributed by atoms with Gasteiger partial charge in [0.25, 0.3) is 0 Å². The number of nitrogens with zero attached hydrogens (tertiary/aromatic N) is 4. The Morgan fingerprint density at radius 1 is 1.23 bits per heavy atom. The minimum absolute atomic E-state index is 0.0813. The van der Waals surface area contributed by atoms with Gasteiger partial charge in [0.05, 0.1) is 30.1 Å². The highest BCUT2D eigenvalue weighted by molar-refractivity contribution is 6.31. The zero-order valence-electron chi connectivity index (χ0n) is 17.3. The molecule has 30 heavy (non-hydrogen) atoms. The summed E-state index contributed by atoms with van der Waals surface area (Å²) in [6, 6.07) is 5.23. The van der Waals surface area contributed by atoms with Crippen molar-refractivity contribution in [1.82, 2.24) is 9.80 Å². The molecule has 0 saturated heterocycles. The van der Waals surface area contributed by atoms with Crippen molar-refractivity contribution in [3.8, 4) is 0 Å². The van der Waals surface area contributed by atoms with Crippen LogP contribution in [0.15, 0.2) is 69.9 Å². The minimum atomic E-state index is -4.33. The topological polar surface area (TPSA) is 31.2 Å². The number of likely N-dealkylation sites (N-methyl/N-ethyl adjacent to an activating group) is 1. The van der Waals surface area contributed by atoms with E-state index in [9.17, 15) is 13.2 Å². The fraction of sp³-hybridized carbons (Fsp3) is 0.391. The van der Waals surface area contributed by atoms with Crippen LogP contribution in [0.4, 0.5) is 13.2 Å². The maximum Gasteiger partial charge on any atom is 0.416 e. The number of benzene rings is 1. The zero-order valence-corrected chi connectivity index (χ0v) is 17.3. The van der Waals surface area contributed by atoms with Crippen molar-refractivity contribution < 1.29 is 13.2 Å². The molecule has 4 nitrogen and oxygen atoms in total. The van der Waals surface area contributed by atoms with Gasteiger partial charge in [-0.05, 0) is 45.0 Å². The third-order valence-electron chi connectivity index (χ3n) is 6.10. The van der Waals surface area contributed by atoms with Gasteiger partial charge in [-0.15, -0.1) is 0 Å². The van der Waals surface area contributed by atoms with Crippen LogP contribution < -0.4 is 0 Å². The number of amidine groups is 1. The third-order valence-corrected chi connectivity index (χ3v) is 6.10. The smallest absolute Gasteiger partial charge is 0.321 e. The van der Waals surface area contributed by atoms with E-state index in [1.165, 1.54) is 5.57 Å². The molecule has 0 bridgehead atoms. The first-order valence-corrected chi connectivity index (χ1v) is 9.98. The normalized spacial score (nSPS) is 25.9. The number of fused-ring (bicyclic) bond motifs is 1. The molecule has 0 amide bonds. The minimum Gasteiger partial charge on any atom is -0.321 e. The van der Waals surface area contributed by atoms with E-state index in [1.54, 1.807) is 18.3 Å². The van der Waals surface area contributed by atoms with E-state index in [0.29, 0.717) is 13.1 Å². The molecule has 2 heterocycles. The van der Waals surface area contributed by atoms with E-state index in [4.69, 9.17) is 0 Å². The van der Waals surface area contributed by atoms with Crippen LogP contribution in [0.25, 0.3) is 0 Å². The Hall–Kier alpha value is -2.67. The molecule has 7 heteroatoms. The van der Waals surface area contributed by atoms with Crippen molar-refractivity contribution in [3.05, 3.63) is 71.1 Å². The molecular weight excluding hydrogens is 389 g/mol. The maximum absolute atomic E-state index is 12.9. The first-order valence-electron chi connectivity index (χ1n) is 9.98. The van der Waals surface area contributed by atoms with Crippen molar-refractivity contribution >= 4 is 12.1 Å². The van der Waals surface area contributed by atoms with Crippen molar-refractivity contribution in [2.45, 2.75) is 38.0 Å². The van der Waals surface area contributed by atoms with E-state index in [-0.39, 0.29) is 11.6 Å². The van der Waals surface area contributed by atoms with Crippen LogP contribution in [0.5, 0.6) is 0 Å². The van der Waals surface area contributed by atoms with Crippen LogP contribution >= 0.6 is 0 Å². The molecule has 0 fully saturated rings. The van der Waals surface area contributed by atoms with Crippen LogP contribution in [-0.4, -0.2) is 47.5 Å². The Kier molecular flexibility index (Phi) is 5.18. The monoisotopic (exact) mass is 414 g/mol. The maximum atomic E-state index is 12.9. The van der Waals surface area contributed by atoms with Crippen LogP contribution in [0.3, 0.4) is 0 Å². The molecule has 0 radical (unpaired) electrons. The second-order valence-electron chi connectivity index (χ2n) is 8.32. The summed E-state index contributed by atoms with van der Waals surface area (Å²) in [4.78, 5) is 13.3. The van der Waals surface area contributed by atoms with Gasteiger partial charge in [-0.3, -0.25) is 14.9 Å². The molecule has 0 spiro atoms. The van der Waals surface area contributed by atoms with Crippen LogP contribution in [-0.2, 0) is 6.18 Å². The molecule has 0 saturated carbocycles. The van der Waals surface area contributed by atoms with Gasteiger partial charge in [0.2, 0.25) is 0 Å². The number of hydrogen-bond acceptors (Lipinski definition) is 4. The lowest BCUT2D eigenvalue weighted by Crippen LogP contribution is -2.44. The Morgan fingerprint density at radius 3 is 2.60 bits per heavy atom. The largest absolute Gasteiger partial charge is 0.416 e. The molecule has 1 aromatic rings. The highest BCUT2D eigenvalue weighted by atomic mass is 19.4. The number of allylic oxidation sites excluding steroid dienone is 2. The number of alkyl halides is 3. The standard InChI is InChI=1S/C23H25F3N4/c1-16-8-10-22(2,11-9-16)29(3)14-19-15-30-20(12-28-21(30)13-27-19)17-4-6-18(7-5-17)23(24,25)26/h4-10,13,15,20H,11-12,14H2,1-3H3. The van der Waals surface area contributed by atoms with Gasteiger partial charge in [0.1, 0.15) is 5.84 Å². The molecule has 1 aromatic carbocycles. The summed E-state index contributed by atoms with van der Waals surface area (Å²) in [5.41, 5.74) is 2.26. The first kappa shape index (κ1) is 20.6. The van der Waals surface area contributed by atoms with E-state index in [2.05, 4.69) is 54.0 Å². The fourth-order valence-electron chi connectivity index (χ4n) is 3.87. The van der Waals surface area contributed by atoms with Gasteiger partial charge in [0.15, 0.2) is 0 Å². The average Bonchev–Trinajstić information content (AvgIpc) is 3.13. The Morgan fingerprint density at radius 2 is 1.97 bits per heavy atom. The summed E-state index contributed by atoms with van der Waals surface area (Å²) < 4.78 is 38.6. The Balaban J connectivity index is 1.50. The fourth-order valence-corrected chi connectivity index (χ4v) is 3.87. The van der Waals surface area contributed by atoms with Crippen molar-refractivity contribution in [2.75, 3.05) is 20.1 Å². The lowest BCUT2D eigenvalue weighted by atomic mass is 9.89. The second kappa shape index (κ2) is 7.54. The van der Waals surface area contributed by atoms with Gasteiger partial charge >= 0.3 is 6.18 Å². The quantitative estimate of drug-likeness (QED) is 0.696. The van der Waals surface area contributed by atoms with E-state index >= 15 is 0 Å². The summed E-state index contributed by atoms with van der Waals surface area (Å²) in [5.74, 6) is 0.744.